The van der Waals surface area contributed by atoms with Gasteiger partial charge in [0.2, 0.25) is 0 Å². The SMILES string of the molecule is O=Cc1cc(F)ccc1Oc1ccc([N+](=O)[O-])c(Cl)c1. The number of rotatable bonds is 4. The molecule has 2 aromatic rings. The van der Waals surface area contributed by atoms with E-state index in [0.717, 1.165) is 12.1 Å². The van der Waals surface area contributed by atoms with E-state index < -0.39 is 10.7 Å². The third-order valence-corrected chi connectivity index (χ3v) is 2.75. The van der Waals surface area contributed by atoms with E-state index in [0.29, 0.717) is 6.29 Å². The third-order valence-electron chi connectivity index (χ3n) is 2.44. The molecule has 0 unspecified atom stereocenters. The van der Waals surface area contributed by atoms with Gasteiger partial charge in [-0.2, -0.15) is 0 Å². The van der Waals surface area contributed by atoms with Crippen molar-refractivity contribution in [1.82, 2.24) is 0 Å². The summed E-state index contributed by atoms with van der Waals surface area (Å²) < 4.78 is 18.3. The van der Waals surface area contributed by atoms with Gasteiger partial charge in [-0.05, 0) is 24.3 Å². The normalized spacial score (nSPS) is 10.1. The van der Waals surface area contributed by atoms with Crippen LogP contribution in [0.5, 0.6) is 11.5 Å². The first-order chi connectivity index (χ1) is 9.51. The highest BCUT2D eigenvalue weighted by atomic mass is 35.5. The number of halogens is 2. The molecule has 0 amide bonds. The lowest BCUT2D eigenvalue weighted by Crippen LogP contribution is -1.93. The molecule has 2 rings (SSSR count). The van der Waals surface area contributed by atoms with Crippen molar-refractivity contribution in [2.75, 3.05) is 0 Å². The van der Waals surface area contributed by atoms with Crippen LogP contribution in [0.4, 0.5) is 10.1 Å². The molecule has 102 valence electrons. The number of ether oxygens (including phenoxy) is 1. The van der Waals surface area contributed by atoms with Gasteiger partial charge in [0.1, 0.15) is 22.3 Å². The van der Waals surface area contributed by atoms with Crippen molar-refractivity contribution in [3.63, 3.8) is 0 Å². The molecule has 2 aromatic carbocycles. The summed E-state index contributed by atoms with van der Waals surface area (Å²) in [5, 5.41) is 10.5. The molecule has 0 N–H and O–H groups in total. The zero-order chi connectivity index (χ0) is 14.7. The van der Waals surface area contributed by atoms with Crippen LogP contribution in [-0.4, -0.2) is 11.2 Å². The van der Waals surface area contributed by atoms with E-state index >= 15 is 0 Å². The minimum atomic E-state index is -0.624. The Kier molecular flexibility index (Phi) is 3.95. The van der Waals surface area contributed by atoms with Gasteiger partial charge in [0.05, 0.1) is 10.5 Å². The Morgan fingerprint density at radius 2 is 2.00 bits per heavy atom. The van der Waals surface area contributed by atoms with Crippen LogP contribution in [-0.2, 0) is 0 Å². The summed E-state index contributed by atoms with van der Waals surface area (Å²) in [5.41, 5.74) is -0.229. The molecule has 0 heterocycles. The Bertz CT molecular complexity index is 690. The maximum absolute atomic E-state index is 13.0. The quantitative estimate of drug-likeness (QED) is 0.486. The lowest BCUT2D eigenvalue weighted by Gasteiger charge is -2.08. The monoisotopic (exact) mass is 295 g/mol. The van der Waals surface area contributed by atoms with Crippen LogP contribution in [0.3, 0.4) is 0 Å². The zero-order valence-electron chi connectivity index (χ0n) is 9.88. The van der Waals surface area contributed by atoms with Crippen molar-refractivity contribution in [2.24, 2.45) is 0 Å². The molecule has 0 atom stereocenters. The summed E-state index contributed by atoms with van der Waals surface area (Å²) in [5.74, 6) is -0.234. The molecule has 7 heteroatoms. The highest BCUT2D eigenvalue weighted by molar-refractivity contribution is 6.32. The number of hydrogen-bond donors (Lipinski definition) is 0. The minimum Gasteiger partial charge on any atom is -0.457 e. The predicted molar refractivity (Wildman–Crippen MR) is 70.0 cm³/mol. The minimum absolute atomic E-state index is 0.0273. The van der Waals surface area contributed by atoms with Crippen LogP contribution in [0.15, 0.2) is 36.4 Å². The molecule has 0 spiro atoms. The zero-order valence-corrected chi connectivity index (χ0v) is 10.6. The molecule has 0 saturated carbocycles. The van der Waals surface area contributed by atoms with Gasteiger partial charge >= 0.3 is 0 Å². The fourth-order valence-electron chi connectivity index (χ4n) is 1.53. The van der Waals surface area contributed by atoms with Gasteiger partial charge in [-0.3, -0.25) is 14.9 Å². The van der Waals surface area contributed by atoms with Gasteiger partial charge in [0, 0.05) is 12.1 Å². The van der Waals surface area contributed by atoms with E-state index in [9.17, 15) is 19.3 Å². The first-order valence-corrected chi connectivity index (χ1v) is 5.75. The Balaban J connectivity index is 2.33. The molecule has 0 aliphatic carbocycles. The van der Waals surface area contributed by atoms with Crippen molar-refractivity contribution < 1.29 is 18.8 Å². The second kappa shape index (κ2) is 5.66. The largest absolute Gasteiger partial charge is 0.457 e. The third kappa shape index (κ3) is 2.92. The van der Waals surface area contributed by atoms with Crippen molar-refractivity contribution in [2.45, 2.75) is 0 Å². The highest BCUT2D eigenvalue weighted by Crippen LogP contribution is 2.32. The summed E-state index contributed by atoms with van der Waals surface area (Å²) in [4.78, 5) is 20.8. The van der Waals surface area contributed by atoms with Crippen LogP contribution in [0, 0.1) is 15.9 Å². The first-order valence-electron chi connectivity index (χ1n) is 5.38. The second-order valence-electron chi connectivity index (χ2n) is 3.77. The number of nitro benzene ring substituents is 1. The maximum atomic E-state index is 13.0. The summed E-state index contributed by atoms with van der Waals surface area (Å²) >= 11 is 5.74. The number of aldehydes is 1. The van der Waals surface area contributed by atoms with Gasteiger partial charge in [-0.1, -0.05) is 11.6 Å². The number of carbonyl (C=O) groups excluding carboxylic acids is 1. The molecular weight excluding hydrogens is 289 g/mol. The highest BCUT2D eigenvalue weighted by Gasteiger charge is 2.14. The van der Waals surface area contributed by atoms with Crippen molar-refractivity contribution >= 4 is 23.6 Å². The molecule has 0 saturated heterocycles. The van der Waals surface area contributed by atoms with Crippen LogP contribution in [0.1, 0.15) is 10.4 Å². The molecule has 0 aromatic heterocycles. The first kappa shape index (κ1) is 14.0. The summed E-state index contributed by atoms with van der Waals surface area (Å²) in [7, 11) is 0. The molecule has 0 radical (unpaired) electrons. The van der Waals surface area contributed by atoms with Gasteiger partial charge in [0.15, 0.2) is 6.29 Å². The van der Waals surface area contributed by atoms with Gasteiger partial charge in [0.25, 0.3) is 5.69 Å². The summed E-state index contributed by atoms with van der Waals surface area (Å²) in [6, 6.07) is 7.21. The molecule has 20 heavy (non-hydrogen) atoms. The predicted octanol–water partition coefficient (Wildman–Crippen LogP) is 3.99. The molecule has 0 fully saturated rings. The topological polar surface area (TPSA) is 69.4 Å². The van der Waals surface area contributed by atoms with E-state index in [1.54, 1.807) is 0 Å². The van der Waals surface area contributed by atoms with Crippen LogP contribution < -0.4 is 4.74 Å². The second-order valence-corrected chi connectivity index (χ2v) is 4.18. The smallest absolute Gasteiger partial charge is 0.288 e. The number of carbonyl (C=O) groups is 1. The summed E-state index contributed by atoms with van der Waals surface area (Å²) in [6.07, 6.45) is 0.450. The molecule has 0 bridgehead atoms. The van der Waals surface area contributed by atoms with Gasteiger partial charge in [-0.25, -0.2) is 4.39 Å². The van der Waals surface area contributed by atoms with Crippen LogP contribution in [0.25, 0.3) is 0 Å². The van der Waals surface area contributed by atoms with Gasteiger partial charge < -0.3 is 4.74 Å². The number of hydrogen-bond acceptors (Lipinski definition) is 4. The average molecular weight is 296 g/mol. The Labute approximate surface area is 117 Å². The van der Waals surface area contributed by atoms with Crippen LogP contribution >= 0.6 is 11.6 Å². The van der Waals surface area contributed by atoms with E-state index in [1.165, 1.54) is 24.3 Å². The van der Waals surface area contributed by atoms with E-state index in [2.05, 4.69) is 0 Å². The Morgan fingerprint density at radius 3 is 2.60 bits per heavy atom. The van der Waals surface area contributed by atoms with E-state index in [-0.39, 0.29) is 27.8 Å². The van der Waals surface area contributed by atoms with E-state index in [4.69, 9.17) is 16.3 Å². The number of benzene rings is 2. The number of nitrogens with zero attached hydrogens (tertiary/aromatic N) is 1. The summed E-state index contributed by atoms with van der Waals surface area (Å²) in [6.45, 7) is 0. The van der Waals surface area contributed by atoms with E-state index in [1.807, 2.05) is 0 Å². The molecule has 5 nitrogen and oxygen atoms in total. The van der Waals surface area contributed by atoms with Crippen LogP contribution in [0.2, 0.25) is 5.02 Å². The Morgan fingerprint density at radius 1 is 1.25 bits per heavy atom. The number of nitro groups is 1. The van der Waals surface area contributed by atoms with Crippen molar-refractivity contribution in [3.8, 4) is 11.5 Å². The molecular formula is C13H7ClFNO4. The fraction of sp³-hybridized carbons (Fsp3) is 0. The molecule has 0 aliphatic heterocycles. The Hall–Kier alpha value is -2.47. The standard InChI is InChI=1S/C13H7ClFNO4/c14-11-6-10(2-3-12(11)16(18)19)20-13-4-1-9(15)5-8(13)7-17/h1-7H. The fourth-order valence-corrected chi connectivity index (χ4v) is 1.77. The van der Waals surface area contributed by atoms with Crippen molar-refractivity contribution in [3.05, 3.63) is 62.9 Å². The lowest BCUT2D eigenvalue weighted by atomic mass is 10.2. The van der Waals surface area contributed by atoms with Crippen molar-refractivity contribution in [1.29, 1.82) is 0 Å². The molecule has 0 aliphatic rings. The van der Waals surface area contributed by atoms with Gasteiger partial charge in [-0.15, -0.1) is 0 Å². The lowest BCUT2D eigenvalue weighted by molar-refractivity contribution is -0.384. The maximum Gasteiger partial charge on any atom is 0.288 e. The average Bonchev–Trinajstić information content (AvgIpc) is 2.40.